The SMILES string of the molecule is CC1(C)CCN(c2ncccc2CN)C1. The van der Waals surface area contributed by atoms with Gasteiger partial charge in [-0.15, -0.1) is 0 Å². The van der Waals surface area contributed by atoms with Crippen LogP contribution in [0.1, 0.15) is 25.8 Å². The summed E-state index contributed by atoms with van der Waals surface area (Å²) >= 11 is 0. The predicted octanol–water partition coefficient (Wildman–Crippen LogP) is 1.78. The Labute approximate surface area is 91.3 Å². The number of nitrogens with zero attached hydrogens (tertiary/aromatic N) is 2. The zero-order valence-corrected chi connectivity index (χ0v) is 9.53. The minimum absolute atomic E-state index is 0.406. The first-order valence-corrected chi connectivity index (χ1v) is 5.51. The maximum absolute atomic E-state index is 5.72. The molecule has 1 aromatic heterocycles. The second-order valence-electron chi connectivity index (χ2n) is 5.03. The van der Waals surface area contributed by atoms with Gasteiger partial charge in [-0.25, -0.2) is 4.98 Å². The molecule has 1 aromatic rings. The Kier molecular flexibility index (Phi) is 2.65. The van der Waals surface area contributed by atoms with Crippen molar-refractivity contribution in [3.63, 3.8) is 0 Å². The predicted molar refractivity (Wildman–Crippen MR) is 62.7 cm³/mol. The number of hydrogen-bond donors (Lipinski definition) is 1. The molecule has 1 aliphatic heterocycles. The third kappa shape index (κ3) is 2.12. The van der Waals surface area contributed by atoms with Gasteiger partial charge in [-0.1, -0.05) is 19.9 Å². The van der Waals surface area contributed by atoms with Crippen LogP contribution in [0.5, 0.6) is 0 Å². The van der Waals surface area contributed by atoms with Gasteiger partial charge in [-0.2, -0.15) is 0 Å². The third-order valence-corrected chi connectivity index (χ3v) is 3.06. The first-order valence-electron chi connectivity index (χ1n) is 5.51. The number of hydrogen-bond acceptors (Lipinski definition) is 3. The Morgan fingerprint density at radius 3 is 2.93 bits per heavy atom. The van der Waals surface area contributed by atoms with E-state index in [9.17, 15) is 0 Å². The minimum Gasteiger partial charge on any atom is -0.356 e. The van der Waals surface area contributed by atoms with E-state index < -0.39 is 0 Å². The number of pyridine rings is 1. The maximum atomic E-state index is 5.72. The van der Waals surface area contributed by atoms with E-state index in [1.807, 2.05) is 12.3 Å². The monoisotopic (exact) mass is 205 g/mol. The highest BCUT2D eigenvalue weighted by Gasteiger charge is 2.30. The molecule has 82 valence electrons. The van der Waals surface area contributed by atoms with Crippen molar-refractivity contribution in [2.24, 2.45) is 11.1 Å². The summed E-state index contributed by atoms with van der Waals surface area (Å²) in [5.41, 5.74) is 7.27. The van der Waals surface area contributed by atoms with E-state index in [-0.39, 0.29) is 0 Å². The molecule has 3 heteroatoms. The molecule has 0 saturated carbocycles. The highest BCUT2D eigenvalue weighted by atomic mass is 15.2. The quantitative estimate of drug-likeness (QED) is 0.800. The third-order valence-electron chi connectivity index (χ3n) is 3.06. The Morgan fingerprint density at radius 2 is 2.33 bits per heavy atom. The lowest BCUT2D eigenvalue weighted by Gasteiger charge is -2.22. The van der Waals surface area contributed by atoms with Gasteiger partial charge in [-0.05, 0) is 17.9 Å². The molecule has 3 nitrogen and oxygen atoms in total. The molecule has 0 radical (unpaired) electrons. The highest BCUT2D eigenvalue weighted by Crippen LogP contribution is 2.32. The average molecular weight is 205 g/mol. The van der Waals surface area contributed by atoms with Crippen LogP contribution in [0.3, 0.4) is 0 Å². The van der Waals surface area contributed by atoms with E-state index in [0.29, 0.717) is 12.0 Å². The molecule has 1 saturated heterocycles. The van der Waals surface area contributed by atoms with Crippen molar-refractivity contribution in [1.82, 2.24) is 4.98 Å². The lowest BCUT2D eigenvalue weighted by atomic mass is 9.93. The van der Waals surface area contributed by atoms with Crippen molar-refractivity contribution in [3.8, 4) is 0 Å². The number of aromatic nitrogens is 1. The van der Waals surface area contributed by atoms with Crippen molar-refractivity contribution in [2.45, 2.75) is 26.8 Å². The van der Waals surface area contributed by atoms with Crippen LogP contribution >= 0.6 is 0 Å². The van der Waals surface area contributed by atoms with Crippen LogP contribution in [0.25, 0.3) is 0 Å². The van der Waals surface area contributed by atoms with Gasteiger partial charge in [-0.3, -0.25) is 0 Å². The summed E-state index contributed by atoms with van der Waals surface area (Å²) in [6, 6.07) is 4.01. The summed E-state index contributed by atoms with van der Waals surface area (Å²) in [6.45, 7) is 7.35. The zero-order chi connectivity index (χ0) is 10.9. The van der Waals surface area contributed by atoms with E-state index >= 15 is 0 Å². The average Bonchev–Trinajstić information content (AvgIpc) is 2.59. The summed E-state index contributed by atoms with van der Waals surface area (Å²) in [6.07, 6.45) is 3.08. The van der Waals surface area contributed by atoms with Gasteiger partial charge in [0.15, 0.2) is 0 Å². The Morgan fingerprint density at radius 1 is 1.53 bits per heavy atom. The lowest BCUT2D eigenvalue weighted by molar-refractivity contribution is 0.418. The summed E-state index contributed by atoms with van der Waals surface area (Å²) in [5, 5.41) is 0. The summed E-state index contributed by atoms with van der Waals surface area (Å²) in [5.74, 6) is 1.07. The van der Waals surface area contributed by atoms with Crippen LogP contribution in [-0.2, 0) is 6.54 Å². The fraction of sp³-hybridized carbons (Fsp3) is 0.583. The van der Waals surface area contributed by atoms with Crippen LogP contribution in [0.4, 0.5) is 5.82 Å². The first kappa shape index (κ1) is 10.4. The van der Waals surface area contributed by atoms with Gasteiger partial charge in [0.25, 0.3) is 0 Å². The van der Waals surface area contributed by atoms with Crippen molar-refractivity contribution in [3.05, 3.63) is 23.9 Å². The standard InChI is InChI=1S/C12H19N3/c1-12(2)5-7-15(9-12)11-10(8-13)4-3-6-14-11/h3-4,6H,5,7-9,13H2,1-2H3. The molecular formula is C12H19N3. The van der Waals surface area contributed by atoms with Crippen LogP contribution < -0.4 is 10.6 Å². The molecule has 0 atom stereocenters. The first-order chi connectivity index (χ1) is 7.12. The van der Waals surface area contributed by atoms with Gasteiger partial charge in [0.05, 0.1) is 0 Å². The largest absolute Gasteiger partial charge is 0.356 e. The van der Waals surface area contributed by atoms with Crippen molar-refractivity contribution in [1.29, 1.82) is 0 Å². The van der Waals surface area contributed by atoms with Crippen molar-refractivity contribution >= 4 is 5.82 Å². The van der Waals surface area contributed by atoms with E-state index in [0.717, 1.165) is 24.5 Å². The molecule has 0 bridgehead atoms. The molecular weight excluding hydrogens is 186 g/mol. The van der Waals surface area contributed by atoms with Crippen LogP contribution in [0.2, 0.25) is 0 Å². The van der Waals surface area contributed by atoms with Crippen LogP contribution in [-0.4, -0.2) is 18.1 Å². The molecule has 1 fully saturated rings. The Hall–Kier alpha value is -1.09. The van der Waals surface area contributed by atoms with Crippen molar-refractivity contribution in [2.75, 3.05) is 18.0 Å². The second kappa shape index (κ2) is 3.81. The minimum atomic E-state index is 0.406. The molecule has 0 unspecified atom stereocenters. The number of nitrogens with two attached hydrogens (primary N) is 1. The summed E-state index contributed by atoms with van der Waals surface area (Å²) < 4.78 is 0. The fourth-order valence-corrected chi connectivity index (χ4v) is 2.17. The van der Waals surface area contributed by atoms with Crippen LogP contribution in [0.15, 0.2) is 18.3 Å². The van der Waals surface area contributed by atoms with Gasteiger partial charge >= 0.3 is 0 Å². The van der Waals surface area contributed by atoms with Gasteiger partial charge in [0.1, 0.15) is 5.82 Å². The number of rotatable bonds is 2. The topological polar surface area (TPSA) is 42.2 Å². The second-order valence-corrected chi connectivity index (χ2v) is 5.03. The van der Waals surface area contributed by atoms with Crippen molar-refractivity contribution < 1.29 is 0 Å². The fourth-order valence-electron chi connectivity index (χ4n) is 2.17. The molecule has 0 amide bonds. The number of anilines is 1. The van der Waals surface area contributed by atoms with E-state index in [1.165, 1.54) is 6.42 Å². The molecule has 2 heterocycles. The summed E-state index contributed by atoms with van der Waals surface area (Å²) in [4.78, 5) is 6.79. The molecule has 2 N–H and O–H groups in total. The maximum Gasteiger partial charge on any atom is 0.133 e. The molecule has 0 aromatic carbocycles. The van der Waals surface area contributed by atoms with E-state index in [1.54, 1.807) is 0 Å². The van der Waals surface area contributed by atoms with Gasteiger partial charge in [0, 0.05) is 31.4 Å². The lowest BCUT2D eigenvalue weighted by Crippen LogP contribution is -2.25. The van der Waals surface area contributed by atoms with E-state index in [2.05, 4.69) is 29.8 Å². The molecule has 1 aliphatic rings. The Balaban J connectivity index is 2.23. The smallest absolute Gasteiger partial charge is 0.133 e. The Bertz CT molecular complexity index is 346. The molecule has 0 spiro atoms. The normalized spacial score (nSPS) is 19.5. The van der Waals surface area contributed by atoms with Gasteiger partial charge < -0.3 is 10.6 Å². The molecule has 15 heavy (non-hydrogen) atoms. The molecule has 2 rings (SSSR count). The zero-order valence-electron chi connectivity index (χ0n) is 9.53. The molecule has 0 aliphatic carbocycles. The highest BCUT2D eigenvalue weighted by molar-refractivity contribution is 5.47. The van der Waals surface area contributed by atoms with Gasteiger partial charge in [0.2, 0.25) is 0 Å². The van der Waals surface area contributed by atoms with Crippen LogP contribution in [0, 0.1) is 5.41 Å². The van der Waals surface area contributed by atoms with E-state index in [4.69, 9.17) is 5.73 Å². The summed E-state index contributed by atoms with van der Waals surface area (Å²) in [7, 11) is 0.